The second-order valence-electron chi connectivity index (χ2n) is 11.8. The molecule has 4 aromatic carbocycles. The predicted molar refractivity (Wildman–Crippen MR) is 192 cm³/mol. The molecule has 4 aromatic rings. The molecule has 0 aliphatic heterocycles. The molecule has 0 heterocycles. The lowest BCUT2D eigenvalue weighted by atomic mass is 10.0. The van der Waals surface area contributed by atoms with Gasteiger partial charge in [-0.15, -0.1) is 0 Å². The molecule has 0 saturated heterocycles. The minimum absolute atomic E-state index is 0.0100. The maximum Gasteiger partial charge on any atom is 0.264 e. The third kappa shape index (κ3) is 9.09. The zero-order valence-corrected chi connectivity index (χ0v) is 30.1. The number of hydrogen-bond donors (Lipinski definition) is 1. The number of aryl methyl sites for hydroxylation is 2. The van der Waals surface area contributed by atoms with Gasteiger partial charge in [-0.25, -0.2) is 8.42 Å². The third-order valence-corrected chi connectivity index (χ3v) is 10.6. The van der Waals surface area contributed by atoms with Crippen LogP contribution in [0.1, 0.15) is 42.5 Å². The number of halogens is 2. The molecule has 8 nitrogen and oxygen atoms in total. The summed E-state index contributed by atoms with van der Waals surface area (Å²) in [5.74, 6) is -0.682. The Balaban J connectivity index is 1.87. The van der Waals surface area contributed by atoms with Crippen LogP contribution >= 0.6 is 23.2 Å². The Kier molecular flexibility index (Phi) is 12.5. The fourth-order valence-electron chi connectivity index (χ4n) is 5.18. The summed E-state index contributed by atoms with van der Waals surface area (Å²) in [6, 6.07) is 24.8. The van der Waals surface area contributed by atoms with E-state index in [4.69, 9.17) is 27.9 Å². The maximum atomic E-state index is 14.7. The highest BCUT2D eigenvalue weighted by Crippen LogP contribution is 2.34. The highest BCUT2D eigenvalue weighted by Gasteiger charge is 2.36. The van der Waals surface area contributed by atoms with Gasteiger partial charge < -0.3 is 15.0 Å². The second-order valence-corrected chi connectivity index (χ2v) is 14.5. The van der Waals surface area contributed by atoms with Crippen LogP contribution in [0.15, 0.2) is 95.9 Å². The summed E-state index contributed by atoms with van der Waals surface area (Å²) >= 11 is 12.6. The van der Waals surface area contributed by atoms with Crippen LogP contribution in [-0.2, 0) is 32.6 Å². The van der Waals surface area contributed by atoms with Gasteiger partial charge in [0, 0.05) is 19.0 Å². The normalized spacial score (nSPS) is 12.6. The summed E-state index contributed by atoms with van der Waals surface area (Å²) in [7, 11) is -2.85. The molecule has 0 saturated carbocycles. The van der Waals surface area contributed by atoms with E-state index in [9.17, 15) is 18.0 Å². The first kappa shape index (κ1) is 36.8. The Labute approximate surface area is 293 Å². The van der Waals surface area contributed by atoms with E-state index in [0.29, 0.717) is 22.0 Å². The molecule has 0 aliphatic carbocycles. The molecule has 0 radical (unpaired) electrons. The first-order valence-electron chi connectivity index (χ1n) is 15.7. The highest BCUT2D eigenvalue weighted by atomic mass is 35.5. The van der Waals surface area contributed by atoms with Crippen molar-refractivity contribution in [2.24, 2.45) is 0 Å². The largest absolute Gasteiger partial charge is 0.495 e. The summed E-state index contributed by atoms with van der Waals surface area (Å²) in [4.78, 5) is 30.2. The molecule has 2 amide bonds. The van der Waals surface area contributed by atoms with Crippen LogP contribution in [0.25, 0.3) is 0 Å². The zero-order valence-electron chi connectivity index (χ0n) is 27.7. The maximum absolute atomic E-state index is 14.7. The van der Waals surface area contributed by atoms with E-state index in [2.05, 4.69) is 5.32 Å². The first-order chi connectivity index (χ1) is 22.8. The van der Waals surface area contributed by atoms with Gasteiger partial charge in [0.15, 0.2) is 0 Å². The van der Waals surface area contributed by atoms with E-state index >= 15 is 0 Å². The van der Waals surface area contributed by atoms with E-state index in [-0.39, 0.29) is 41.2 Å². The smallest absolute Gasteiger partial charge is 0.264 e. The Morgan fingerprint density at radius 1 is 0.854 bits per heavy atom. The van der Waals surface area contributed by atoms with Crippen molar-refractivity contribution in [2.75, 3.05) is 18.0 Å². The fraction of sp³-hybridized carbons (Fsp3) is 0.297. The third-order valence-electron chi connectivity index (χ3n) is 8.10. The molecule has 48 heavy (non-hydrogen) atoms. The molecule has 0 bridgehead atoms. The number of methoxy groups -OCH3 is 1. The molecule has 2 atom stereocenters. The number of nitrogens with zero attached hydrogens (tertiary/aromatic N) is 2. The van der Waals surface area contributed by atoms with Crippen LogP contribution in [0.3, 0.4) is 0 Å². The van der Waals surface area contributed by atoms with Crippen molar-refractivity contribution in [3.63, 3.8) is 0 Å². The zero-order chi connectivity index (χ0) is 35.0. The number of nitrogens with one attached hydrogen (secondary N) is 1. The van der Waals surface area contributed by atoms with E-state index < -0.39 is 28.5 Å². The Bertz CT molecular complexity index is 1840. The van der Waals surface area contributed by atoms with Gasteiger partial charge in [-0.3, -0.25) is 13.9 Å². The predicted octanol–water partition coefficient (Wildman–Crippen LogP) is 7.37. The van der Waals surface area contributed by atoms with Crippen molar-refractivity contribution in [1.29, 1.82) is 0 Å². The molecule has 0 aliphatic rings. The monoisotopic (exact) mass is 709 g/mol. The number of rotatable bonds is 14. The van der Waals surface area contributed by atoms with E-state index in [1.54, 1.807) is 48.5 Å². The minimum Gasteiger partial charge on any atom is -0.495 e. The molecule has 2 unspecified atom stereocenters. The SMILES string of the molecule is CCC(C)NC(=O)C(Cc1ccccc1)N(Cc1ccc(Cl)c(Cl)c1)C(=O)CN(c1cc(C)ccc1OC)S(=O)(=O)c1ccc(C)cc1. The van der Waals surface area contributed by atoms with Crippen molar-refractivity contribution in [1.82, 2.24) is 10.2 Å². The molecule has 1 N–H and O–H groups in total. The van der Waals surface area contributed by atoms with Gasteiger partial charge in [0.2, 0.25) is 11.8 Å². The molecule has 0 aromatic heterocycles. The van der Waals surface area contributed by atoms with Crippen LogP contribution < -0.4 is 14.4 Å². The lowest BCUT2D eigenvalue weighted by Crippen LogP contribution is -2.54. The molecular weight excluding hydrogens is 669 g/mol. The number of amides is 2. The van der Waals surface area contributed by atoms with Crippen LogP contribution in [0, 0.1) is 13.8 Å². The Hall–Kier alpha value is -4.05. The number of anilines is 1. The van der Waals surface area contributed by atoms with E-state index in [0.717, 1.165) is 21.0 Å². The summed E-state index contributed by atoms with van der Waals surface area (Å²) in [5, 5.41) is 3.66. The molecule has 254 valence electrons. The van der Waals surface area contributed by atoms with Crippen LogP contribution in [0.5, 0.6) is 5.75 Å². The molecular formula is C37H41Cl2N3O5S. The second kappa shape index (κ2) is 16.4. The number of carbonyl (C=O) groups excluding carboxylic acids is 2. The van der Waals surface area contributed by atoms with Gasteiger partial charge in [0.25, 0.3) is 10.0 Å². The lowest BCUT2D eigenvalue weighted by Gasteiger charge is -2.34. The molecule has 0 spiro atoms. The quantitative estimate of drug-likeness (QED) is 0.148. The summed E-state index contributed by atoms with van der Waals surface area (Å²) < 4.78 is 35.4. The topological polar surface area (TPSA) is 96.0 Å². The van der Waals surface area contributed by atoms with Gasteiger partial charge in [-0.05, 0) is 80.3 Å². The van der Waals surface area contributed by atoms with Crippen molar-refractivity contribution in [3.8, 4) is 5.75 Å². The van der Waals surface area contributed by atoms with Gasteiger partial charge in [-0.1, -0.05) is 90.3 Å². The average molecular weight is 711 g/mol. The number of ether oxygens (including phenoxy) is 1. The Morgan fingerprint density at radius 3 is 2.15 bits per heavy atom. The van der Waals surface area contributed by atoms with Crippen molar-refractivity contribution in [2.45, 2.75) is 64.1 Å². The van der Waals surface area contributed by atoms with Gasteiger partial charge in [0.1, 0.15) is 18.3 Å². The van der Waals surface area contributed by atoms with Crippen LogP contribution in [-0.4, -0.2) is 50.9 Å². The average Bonchev–Trinajstić information content (AvgIpc) is 3.07. The van der Waals surface area contributed by atoms with Crippen molar-refractivity contribution >= 4 is 50.7 Å². The fourth-order valence-corrected chi connectivity index (χ4v) is 6.91. The number of benzene rings is 4. The van der Waals surface area contributed by atoms with Crippen molar-refractivity contribution in [3.05, 3.63) is 123 Å². The number of carbonyl (C=O) groups is 2. The van der Waals surface area contributed by atoms with Crippen LogP contribution in [0.4, 0.5) is 5.69 Å². The number of hydrogen-bond acceptors (Lipinski definition) is 5. The molecule has 11 heteroatoms. The summed E-state index contributed by atoms with van der Waals surface area (Å²) in [5.41, 5.74) is 3.30. The van der Waals surface area contributed by atoms with Gasteiger partial charge >= 0.3 is 0 Å². The first-order valence-corrected chi connectivity index (χ1v) is 17.8. The summed E-state index contributed by atoms with van der Waals surface area (Å²) in [6.45, 7) is 6.89. The van der Waals surface area contributed by atoms with E-state index in [1.807, 2.05) is 58.0 Å². The standard InChI is InChI=1S/C37H41Cl2N3O5S/c1-6-27(4)40-37(44)34(22-28-10-8-7-9-11-28)41(23-29-15-18-31(38)32(39)21-29)36(43)24-42(33-20-26(3)14-19-35(33)47-5)48(45,46)30-16-12-25(2)13-17-30/h7-21,27,34H,6,22-24H2,1-5H3,(H,40,44). The highest BCUT2D eigenvalue weighted by molar-refractivity contribution is 7.92. The van der Waals surface area contributed by atoms with Crippen LogP contribution in [0.2, 0.25) is 10.0 Å². The van der Waals surface area contributed by atoms with Gasteiger partial charge in [-0.2, -0.15) is 0 Å². The molecule has 0 fully saturated rings. The molecule has 4 rings (SSSR count). The van der Waals surface area contributed by atoms with E-state index in [1.165, 1.54) is 24.1 Å². The minimum atomic E-state index is -4.30. The summed E-state index contributed by atoms with van der Waals surface area (Å²) in [6.07, 6.45) is 0.870. The Morgan fingerprint density at radius 2 is 1.52 bits per heavy atom. The number of sulfonamides is 1. The van der Waals surface area contributed by atoms with Crippen molar-refractivity contribution < 1.29 is 22.7 Å². The van der Waals surface area contributed by atoms with Gasteiger partial charge in [0.05, 0.1) is 27.7 Å². The lowest BCUT2D eigenvalue weighted by molar-refractivity contribution is -0.140.